The van der Waals surface area contributed by atoms with Crippen molar-refractivity contribution in [3.05, 3.63) is 57.5 Å². The molecule has 244 valence electrons. The van der Waals surface area contributed by atoms with Crippen LogP contribution in [-0.4, -0.2) is 126 Å². The average molecular weight is 747 g/mol. The molecule has 3 rings (SSSR count). The molecule has 3 amide bonds. The van der Waals surface area contributed by atoms with Crippen LogP contribution in [0.2, 0.25) is 0 Å². The topological polar surface area (TPSA) is 173 Å². The molecule has 6 atom stereocenters. The van der Waals surface area contributed by atoms with Gasteiger partial charge in [-0.25, -0.2) is 0 Å². The van der Waals surface area contributed by atoms with Crippen molar-refractivity contribution in [2.24, 2.45) is 0 Å². The Hall–Kier alpha value is -2.21. The second-order valence-corrected chi connectivity index (χ2v) is 11.7. The molecule has 1 heterocycles. The van der Waals surface area contributed by atoms with Crippen molar-refractivity contribution < 1.29 is 39.2 Å². The van der Waals surface area contributed by atoms with Crippen LogP contribution in [0.25, 0.3) is 0 Å². The van der Waals surface area contributed by atoms with Gasteiger partial charge in [0.1, 0.15) is 12.2 Å². The molecule has 6 N–H and O–H groups in total. The molecule has 44 heavy (non-hydrogen) atoms. The number of ether oxygens (including phenoxy) is 2. The third-order valence-electron chi connectivity index (χ3n) is 7.49. The average Bonchev–Trinajstić information content (AvgIpc) is 3.33. The fraction of sp³-hybridized carbons (Fsp3) is 0.552. The van der Waals surface area contributed by atoms with Crippen molar-refractivity contribution in [3.8, 4) is 0 Å². The van der Waals surface area contributed by atoms with Gasteiger partial charge in [0.2, 0.25) is 5.91 Å². The zero-order valence-corrected chi connectivity index (χ0v) is 27.7. The van der Waals surface area contributed by atoms with Crippen LogP contribution in [0.15, 0.2) is 46.4 Å². The summed E-state index contributed by atoms with van der Waals surface area (Å²) >= 11 is 6.21. The molecule has 15 heteroatoms. The van der Waals surface area contributed by atoms with Crippen LogP contribution >= 0.6 is 31.9 Å². The smallest absolute Gasteiger partial charge is 0.270 e. The number of nitrogens with zero attached hydrogens (tertiary/aromatic N) is 2. The number of aliphatic hydroxyl groups excluding tert-OH is 3. The second-order valence-electron chi connectivity index (χ2n) is 10.6. The highest BCUT2D eigenvalue weighted by Gasteiger charge is 2.42. The van der Waals surface area contributed by atoms with Crippen molar-refractivity contribution in [1.29, 1.82) is 0 Å². The zero-order chi connectivity index (χ0) is 32.1. The van der Waals surface area contributed by atoms with E-state index in [9.17, 15) is 29.7 Å². The third kappa shape index (κ3) is 10.7. The van der Waals surface area contributed by atoms with Crippen LogP contribution in [0.1, 0.15) is 23.6 Å². The van der Waals surface area contributed by atoms with E-state index in [2.05, 4.69) is 57.8 Å². The monoisotopic (exact) mass is 745 g/mol. The fourth-order valence-electron chi connectivity index (χ4n) is 4.99. The van der Waals surface area contributed by atoms with Gasteiger partial charge in [0.15, 0.2) is 12.2 Å². The van der Waals surface area contributed by atoms with E-state index in [1.807, 2.05) is 19.2 Å². The number of likely N-dealkylation sites (N-methyl/N-ethyl adjacent to an activating group) is 1. The highest BCUT2D eigenvalue weighted by atomic mass is 79.9. The Morgan fingerprint density at radius 2 is 1.55 bits per heavy atom. The van der Waals surface area contributed by atoms with Crippen molar-refractivity contribution in [2.75, 3.05) is 53.0 Å². The van der Waals surface area contributed by atoms with Gasteiger partial charge in [0, 0.05) is 45.6 Å². The van der Waals surface area contributed by atoms with E-state index in [0.29, 0.717) is 13.0 Å². The van der Waals surface area contributed by atoms with Gasteiger partial charge in [-0.3, -0.25) is 25.2 Å². The quantitative estimate of drug-likeness (QED) is 0.133. The first kappa shape index (κ1) is 36.3. The van der Waals surface area contributed by atoms with E-state index in [0.717, 1.165) is 37.3 Å². The minimum absolute atomic E-state index is 0.121. The maximum atomic E-state index is 13.4. The highest BCUT2D eigenvalue weighted by molar-refractivity contribution is 9.11. The molecule has 0 unspecified atom stereocenters. The molecule has 0 radical (unpaired) electrons. The number of carbonyl (C=O) groups excluding carboxylic acids is 3. The van der Waals surface area contributed by atoms with Crippen LogP contribution in [0.5, 0.6) is 0 Å². The lowest BCUT2D eigenvalue weighted by atomic mass is 10.0. The summed E-state index contributed by atoms with van der Waals surface area (Å²) in [4.78, 5) is 46.3. The summed E-state index contributed by atoms with van der Waals surface area (Å²) < 4.78 is 11.1. The Balaban J connectivity index is 1.66. The van der Waals surface area contributed by atoms with Gasteiger partial charge in [0.05, 0.1) is 25.4 Å². The number of benzene rings is 1. The summed E-state index contributed by atoms with van der Waals surface area (Å²) in [5.41, 5.74) is 6.18. The second kappa shape index (κ2) is 18.7. The summed E-state index contributed by atoms with van der Waals surface area (Å²) in [6.07, 6.45) is -4.64. The molecule has 1 aromatic rings. The van der Waals surface area contributed by atoms with Crippen LogP contribution < -0.4 is 16.2 Å². The molecular weight excluding hydrogens is 706 g/mol. The summed E-state index contributed by atoms with van der Waals surface area (Å²) in [5, 5.41) is 35.6. The van der Waals surface area contributed by atoms with Gasteiger partial charge < -0.3 is 39.9 Å². The Kier molecular flexibility index (Phi) is 15.4. The lowest BCUT2D eigenvalue weighted by Gasteiger charge is -2.32. The molecule has 0 bridgehead atoms. The predicted molar refractivity (Wildman–Crippen MR) is 170 cm³/mol. The fourth-order valence-corrected chi connectivity index (χ4v) is 5.29. The maximum absolute atomic E-state index is 13.4. The number of nitrogens with one attached hydrogen (secondary N) is 3. The predicted octanol–water partition coefficient (Wildman–Crippen LogP) is -0.145. The normalized spacial score (nSPS) is 22.0. The van der Waals surface area contributed by atoms with Gasteiger partial charge in [-0.2, -0.15) is 0 Å². The number of hydrazine groups is 1. The lowest BCUT2D eigenvalue weighted by molar-refractivity contribution is -0.166. The summed E-state index contributed by atoms with van der Waals surface area (Å²) in [7, 11) is 2.04. The molecular formula is C29H41Br2N5O8. The van der Waals surface area contributed by atoms with Crippen LogP contribution in [0, 0.1) is 0 Å². The number of hydrogen-bond donors (Lipinski definition) is 6. The number of amides is 3. The highest BCUT2D eigenvalue weighted by Crippen LogP contribution is 2.31. The number of halogens is 2. The Labute approximate surface area is 273 Å². The molecule has 1 aliphatic heterocycles. The van der Waals surface area contributed by atoms with Crippen LogP contribution in [0.4, 0.5) is 0 Å². The summed E-state index contributed by atoms with van der Waals surface area (Å²) in [6.45, 7) is 3.75. The largest absolute Gasteiger partial charge is 0.390 e. The van der Waals surface area contributed by atoms with E-state index in [1.165, 1.54) is 22.1 Å². The van der Waals surface area contributed by atoms with Gasteiger partial charge in [-0.1, -0.05) is 68.3 Å². The van der Waals surface area contributed by atoms with E-state index < -0.39 is 54.3 Å². The lowest BCUT2D eigenvalue weighted by Crippen LogP contribution is -2.58. The molecule has 0 aromatic heterocycles. The van der Waals surface area contributed by atoms with E-state index >= 15 is 0 Å². The Morgan fingerprint density at radius 3 is 2.16 bits per heavy atom. The van der Waals surface area contributed by atoms with Crippen LogP contribution in [-0.2, 0) is 30.3 Å². The van der Waals surface area contributed by atoms with E-state index in [-0.39, 0.29) is 19.6 Å². The molecule has 2 aliphatic rings. The summed E-state index contributed by atoms with van der Waals surface area (Å²) in [6, 6.07) is 6.50. The number of aliphatic hydroxyl groups is 3. The minimum atomic E-state index is -1.95. The number of carbonyl (C=O) groups is 3. The molecule has 0 spiro atoms. The molecule has 1 saturated heterocycles. The standard InChI is InChI=1S/C29H41Br2N5O8/c1-35-12-14-36(15-13-35)11-8-22(38)33-34-29(42)27(44-17-5-10-31)25(40)24(39)26(43-16-4-9-30)28(41)32-23-20-7-3-2-6-19(20)18-21(23)37/h2-7,9-10,21,23-27,37,39-40H,8,11-18H2,1H3,(H,32,41)(H,33,38)(H,34,42)/b9-4+,10-5+/t21-,23+,24-,25-,26-,27-/m1/s1. The minimum Gasteiger partial charge on any atom is -0.390 e. The molecule has 1 aliphatic carbocycles. The number of fused-ring (bicyclic) bond motifs is 1. The molecule has 0 saturated carbocycles. The van der Waals surface area contributed by atoms with Gasteiger partial charge in [0.25, 0.3) is 11.8 Å². The van der Waals surface area contributed by atoms with Crippen LogP contribution in [0.3, 0.4) is 0 Å². The maximum Gasteiger partial charge on any atom is 0.270 e. The van der Waals surface area contributed by atoms with Crippen molar-refractivity contribution >= 4 is 49.6 Å². The SMILES string of the molecule is CN1CCN(CCC(=O)NNC(=O)[C@H](OC/C=C/Br)[C@H](O)[C@@H](O)[C@@H](OC/C=C/Br)C(=O)N[C@H]2c3ccccc3C[C@H]2O)CC1. The summed E-state index contributed by atoms with van der Waals surface area (Å²) in [5.74, 6) is -2.19. The first-order chi connectivity index (χ1) is 21.2. The Bertz CT molecular complexity index is 1150. The molecule has 1 fully saturated rings. The number of hydrogen-bond acceptors (Lipinski definition) is 10. The van der Waals surface area contributed by atoms with Gasteiger partial charge in [-0.05, 0) is 28.1 Å². The molecule has 13 nitrogen and oxygen atoms in total. The Morgan fingerprint density at radius 1 is 0.955 bits per heavy atom. The third-order valence-corrected chi connectivity index (χ3v) is 8.23. The first-order valence-corrected chi connectivity index (χ1v) is 16.1. The first-order valence-electron chi connectivity index (χ1n) is 14.3. The van der Waals surface area contributed by atoms with Gasteiger partial charge in [-0.15, -0.1) is 0 Å². The van der Waals surface area contributed by atoms with E-state index in [4.69, 9.17) is 9.47 Å². The number of rotatable bonds is 15. The zero-order valence-electron chi connectivity index (χ0n) is 24.5. The molecule has 1 aromatic carbocycles. The van der Waals surface area contributed by atoms with Crippen molar-refractivity contribution in [2.45, 2.75) is 49.4 Å². The number of piperazine rings is 1. The van der Waals surface area contributed by atoms with Crippen molar-refractivity contribution in [1.82, 2.24) is 26.0 Å². The van der Waals surface area contributed by atoms with Gasteiger partial charge >= 0.3 is 0 Å². The van der Waals surface area contributed by atoms with Crippen molar-refractivity contribution in [3.63, 3.8) is 0 Å². The van der Waals surface area contributed by atoms with E-state index in [1.54, 1.807) is 12.1 Å².